The average molecular weight is 350 g/mol. The van der Waals surface area contributed by atoms with Crippen molar-refractivity contribution in [3.8, 4) is 0 Å². The molecule has 0 amide bonds. The van der Waals surface area contributed by atoms with Crippen LogP contribution in [0.3, 0.4) is 0 Å². The molecule has 6 heteroatoms. The van der Waals surface area contributed by atoms with E-state index in [9.17, 15) is 9.00 Å². The fraction of sp³-hybridized carbons (Fsp3) is 0.444. The highest BCUT2D eigenvalue weighted by Crippen LogP contribution is 2.26. The fourth-order valence-corrected chi connectivity index (χ4v) is 3.13. The number of allylic oxidation sites excluding steroid dienone is 1. The van der Waals surface area contributed by atoms with Gasteiger partial charge < -0.3 is 10.5 Å². The summed E-state index contributed by atoms with van der Waals surface area (Å²) in [6.07, 6.45) is 0. The van der Waals surface area contributed by atoms with E-state index in [-0.39, 0.29) is 22.8 Å². The van der Waals surface area contributed by atoms with Crippen LogP contribution in [0, 0.1) is 17.7 Å². The Balaban J connectivity index is 2.92. The summed E-state index contributed by atoms with van der Waals surface area (Å²) in [6.45, 7) is 12.9. The molecule has 0 radical (unpaired) electrons. The zero-order valence-electron chi connectivity index (χ0n) is 14.9. The van der Waals surface area contributed by atoms with E-state index in [0.717, 1.165) is 5.56 Å². The minimum absolute atomic E-state index is 0.00389. The molecule has 0 bridgehead atoms. The first kappa shape index (κ1) is 20.3. The summed E-state index contributed by atoms with van der Waals surface area (Å²) in [6, 6.07) is 4.37. The van der Waals surface area contributed by atoms with Crippen LogP contribution in [0.4, 0.5) is 0 Å². The van der Waals surface area contributed by atoms with Crippen LogP contribution in [-0.2, 0) is 20.3 Å². The molecule has 132 valence electrons. The van der Waals surface area contributed by atoms with Gasteiger partial charge in [-0.1, -0.05) is 27.4 Å². The molecule has 0 aliphatic heterocycles. The highest BCUT2D eigenvalue weighted by atomic mass is 32.2. The molecule has 0 saturated carbocycles. The van der Waals surface area contributed by atoms with Gasteiger partial charge in [0.2, 0.25) is 5.90 Å². The minimum Gasteiger partial charge on any atom is -0.443 e. The summed E-state index contributed by atoms with van der Waals surface area (Å²) in [7, 11) is -1.37. The summed E-state index contributed by atoms with van der Waals surface area (Å²) >= 11 is 0. The lowest BCUT2D eigenvalue weighted by Crippen LogP contribution is -2.34. The lowest BCUT2D eigenvalue weighted by molar-refractivity contribution is -0.117. The van der Waals surface area contributed by atoms with E-state index >= 15 is 0 Å². The second-order valence-corrected chi connectivity index (χ2v) is 8.28. The van der Waals surface area contributed by atoms with Gasteiger partial charge in [-0.3, -0.25) is 14.4 Å². The molecule has 1 rings (SSSR count). The highest BCUT2D eigenvalue weighted by Gasteiger charge is 2.20. The third-order valence-corrected chi connectivity index (χ3v) is 5.21. The number of nitrogens with one attached hydrogen (secondary N) is 1. The number of carbonyl (C=O) groups is 1. The lowest BCUT2D eigenvalue weighted by Gasteiger charge is -2.22. The summed E-state index contributed by atoms with van der Waals surface area (Å²) in [4.78, 5) is 11.8. The van der Waals surface area contributed by atoms with Crippen molar-refractivity contribution in [2.24, 2.45) is 11.1 Å². The minimum atomic E-state index is -1.37. The molecule has 0 fully saturated rings. The Bertz CT molecular complexity index is 690. The van der Waals surface area contributed by atoms with E-state index in [1.807, 2.05) is 27.7 Å². The summed E-state index contributed by atoms with van der Waals surface area (Å²) < 4.78 is 17.9. The number of aryl methyl sites for hydroxylation is 1. The molecule has 0 heterocycles. The van der Waals surface area contributed by atoms with Crippen molar-refractivity contribution in [3.05, 3.63) is 41.7 Å². The first-order chi connectivity index (χ1) is 10.9. The molecule has 0 aromatic heterocycles. The van der Waals surface area contributed by atoms with Gasteiger partial charge in [0.1, 0.15) is 11.5 Å². The summed E-state index contributed by atoms with van der Waals surface area (Å²) in [5.74, 6) is 0.402. The van der Waals surface area contributed by atoms with Crippen molar-refractivity contribution >= 4 is 22.5 Å². The number of nitrogens with two attached hydrogens (primary N) is 1. The third-order valence-electron chi connectivity index (χ3n) is 3.60. The van der Waals surface area contributed by atoms with Gasteiger partial charge in [-0.15, -0.1) is 0 Å². The Hall–Kier alpha value is -1.79. The molecule has 1 aromatic carbocycles. The molecule has 2 atom stereocenters. The molecule has 3 N–H and O–H groups in total. The quantitative estimate of drug-likeness (QED) is 0.469. The van der Waals surface area contributed by atoms with Gasteiger partial charge in [-0.05, 0) is 37.6 Å². The van der Waals surface area contributed by atoms with Crippen molar-refractivity contribution in [2.75, 3.05) is 5.75 Å². The Morgan fingerprint density at radius 1 is 1.42 bits per heavy atom. The van der Waals surface area contributed by atoms with E-state index < -0.39 is 16.8 Å². The SMILES string of the molecule is C=C(OC(=N)c1ccc(S(=O)C[C@H](N)C(C)=O)c(C)c1)C(C)(C)C. The zero-order valence-corrected chi connectivity index (χ0v) is 15.8. The number of benzene rings is 1. The smallest absolute Gasteiger partial charge is 0.218 e. The largest absolute Gasteiger partial charge is 0.443 e. The molecule has 24 heavy (non-hydrogen) atoms. The fourth-order valence-electron chi connectivity index (χ4n) is 1.75. The van der Waals surface area contributed by atoms with Gasteiger partial charge >= 0.3 is 0 Å². The molecule has 1 aromatic rings. The van der Waals surface area contributed by atoms with Crippen molar-refractivity contribution < 1.29 is 13.7 Å². The van der Waals surface area contributed by atoms with Gasteiger partial charge in [0, 0.05) is 15.9 Å². The second kappa shape index (κ2) is 7.85. The van der Waals surface area contributed by atoms with Crippen molar-refractivity contribution in [3.63, 3.8) is 0 Å². The van der Waals surface area contributed by atoms with Crippen molar-refractivity contribution in [1.82, 2.24) is 0 Å². The van der Waals surface area contributed by atoms with E-state index in [4.69, 9.17) is 15.9 Å². The van der Waals surface area contributed by atoms with Crippen molar-refractivity contribution in [1.29, 1.82) is 5.41 Å². The van der Waals surface area contributed by atoms with E-state index in [0.29, 0.717) is 16.2 Å². The predicted octanol–water partition coefficient (Wildman–Crippen LogP) is 2.92. The van der Waals surface area contributed by atoms with Crippen LogP contribution in [0.15, 0.2) is 35.4 Å². The van der Waals surface area contributed by atoms with Crippen LogP contribution in [0.2, 0.25) is 0 Å². The van der Waals surface area contributed by atoms with E-state index in [2.05, 4.69) is 6.58 Å². The first-order valence-electron chi connectivity index (χ1n) is 7.64. The molecule has 5 nitrogen and oxygen atoms in total. The number of rotatable bonds is 6. The van der Waals surface area contributed by atoms with Gasteiger partial charge in [-0.2, -0.15) is 0 Å². The number of Topliss-reactive ketones (excluding diaryl/α,β-unsaturated/α-hetero) is 1. The number of carbonyl (C=O) groups excluding carboxylic acids is 1. The lowest BCUT2D eigenvalue weighted by atomic mass is 9.95. The van der Waals surface area contributed by atoms with Gasteiger partial charge in [0.05, 0.1) is 22.6 Å². The highest BCUT2D eigenvalue weighted by molar-refractivity contribution is 7.85. The predicted molar refractivity (Wildman–Crippen MR) is 97.6 cm³/mol. The van der Waals surface area contributed by atoms with Gasteiger partial charge in [0.15, 0.2) is 0 Å². The molecule has 0 saturated heterocycles. The maximum Gasteiger partial charge on any atom is 0.218 e. The molecule has 1 unspecified atom stereocenters. The van der Waals surface area contributed by atoms with Crippen LogP contribution in [0.25, 0.3) is 0 Å². The number of ketones is 1. The number of ether oxygens (including phenoxy) is 1. The Labute approximate surface area is 146 Å². The topological polar surface area (TPSA) is 93.2 Å². The Morgan fingerprint density at radius 2 is 2.00 bits per heavy atom. The monoisotopic (exact) mass is 350 g/mol. The standard InChI is InChI=1S/C18H26N2O3S/c1-11-9-14(17(20)23-13(3)18(4,5)6)7-8-16(11)24(22)10-15(19)12(2)21/h7-9,15,20H,3,10,19H2,1-2,4-6H3/t15-,24?/m0/s1. The summed E-state index contributed by atoms with van der Waals surface area (Å²) in [5, 5.41) is 8.06. The van der Waals surface area contributed by atoms with Crippen LogP contribution >= 0.6 is 0 Å². The molecule has 0 aliphatic carbocycles. The third kappa shape index (κ3) is 5.39. The summed E-state index contributed by atoms with van der Waals surface area (Å²) in [5.41, 5.74) is 6.75. The van der Waals surface area contributed by atoms with Gasteiger partial charge in [0.25, 0.3) is 0 Å². The first-order valence-corrected chi connectivity index (χ1v) is 8.96. The van der Waals surface area contributed by atoms with Crippen LogP contribution in [0.5, 0.6) is 0 Å². The molecular weight excluding hydrogens is 324 g/mol. The number of hydrogen-bond acceptors (Lipinski definition) is 5. The zero-order chi connectivity index (χ0) is 18.7. The molecular formula is C18H26N2O3S. The van der Waals surface area contributed by atoms with Crippen LogP contribution < -0.4 is 5.73 Å². The Morgan fingerprint density at radius 3 is 2.46 bits per heavy atom. The number of hydrogen-bond donors (Lipinski definition) is 2. The maximum absolute atomic E-state index is 12.4. The molecule has 0 aliphatic rings. The second-order valence-electron chi connectivity index (χ2n) is 6.81. The van der Waals surface area contributed by atoms with Crippen molar-refractivity contribution in [2.45, 2.75) is 45.6 Å². The average Bonchev–Trinajstić information content (AvgIpc) is 2.45. The van der Waals surface area contributed by atoms with Crippen LogP contribution in [-0.4, -0.2) is 27.7 Å². The van der Waals surface area contributed by atoms with E-state index in [1.54, 1.807) is 18.2 Å². The van der Waals surface area contributed by atoms with Crippen LogP contribution in [0.1, 0.15) is 38.8 Å². The molecule has 0 spiro atoms. The van der Waals surface area contributed by atoms with Gasteiger partial charge in [-0.25, -0.2) is 0 Å². The normalized spacial score (nSPS) is 13.9. The maximum atomic E-state index is 12.4. The van der Waals surface area contributed by atoms with E-state index in [1.165, 1.54) is 6.92 Å². The Kier molecular flexibility index (Phi) is 6.63.